The van der Waals surface area contributed by atoms with Crippen molar-refractivity contribution < 1.29 is 24.2 Å². The second kappa shape index (κ2) is 30.9. The molecule has 0 aromatic rings. The molecule has 0 aromatic heterocycles. The minimum absolute atomic E-state index is 0.0655. The van der Waals surface area contributed by atoms with E-state index in [0.717, 1.165) is 44.4 Å². The van der Waals surface area contributed by atoms with Crippen LogP contribution in [-0.4, -0.2) is 35.6 Å². The van der Waals surface area contributed by atoms with Crippen LogP contribution in [0.4, 0.5) is 0 Å². The molecule has 2 N–H and O–H groups in total. The van der Waals surface area contributed by atoms with E-state index in [4.69, 9.17) is 9.84 Å². The van der Waals surface area contributed by atoms with E-state index < -0.39 is 18.0 Å². The van der Waals surface area contributed by atoms with E-state index >= 15 is 0 Å². The van der Waals surface area contributed by atoms with Gasteiger partial charge in [0.1, 0.15) is 6.04 Å². The first-order chi connectivity index (χ1) is 20.4. The van der Waals surface area contributed by atoms with Crippen molar-refractivity contribution in [3.8, 4) is 0 Å². The molecule has 0 aliphatic rings. The number of esters is 1. The minimum Gasteiger partial charge on any atom is -0.481 e. The highest BCUT2D eigenvalue weighted by Crippen LogP contribution is 2.15. The molecule has 6 nitrogen and oxygen atoms in total. The number of carbonyl (C=O) groups excluding carboxylic acids is 2. The van der Waals surface area contributed by atoms with Gasteiger partial charge in [0.25, 0.3) is 0 Å². The van der Waals surface area contributed by atoms with Crippen LogP contribution in [0.3, 0.4) is 0 Å². The summed E-state index contributed by atoms with van der Waals surface area (Å²) in [6.45, 7) is 7.17. The number of unbranched alkanes of at least 4 members (excludes halogenated alkanes) is 21. The highest BCUT2D eigenvalue weighted by molar-refractivity contribution is 5.84. The Balaban J connectivity index is 3.84. The number of carbonyl (C=O) groups is 3. The van der Waals surface area contributed by atoms with Gasteiger partial charge in [0.15, 0.2) is 0 Å². The van der Waals surface area contributed by atoms with Crippen LogP contribution in [-0.2, 0) is 19.1 Å². The van der Waals surface area contributed by atoms with Crippen molar-refractivity contribution in [2.75, 3.05) is 6.61 Å². The Labute approximate surface area is 259 Å². The number of ether oxygens (including phenoxy) is 1. The molecule has 0 saturated carbocycles. The van der Waals surface area contributed by atoms with Crippen molar-refractivity contribution in [2.45, 2.75) is 200 Å². The fraction of sp³-hybridized carbons (Fsp3) is 0.917. The highest BCUT2D eigenvalue weighted by atomic mass is 16.5. The number of hydrogen-bond acceptors (Lipinski definition) is 4. The van der Waals surface area contributed by atoms with Crippen LogP contribution in [0.2, 0.25) is 0 Å². The van der Waals surface area contributed by atoms with Crippen molar-refractivity contribution in [1.29, 1.82) is 0 Å². The van der Waals surface area contributed by atoms with Crippen molar-refractivity contribution in [1.82, 2.24) is 5.32 Å². The van der Waals surface area contributed by atoms with E-state index in [1.807, 2.05) is 0 Å². The lowest BCUT2D eigenvalue weighted by molar-refractivity contribution is -0.148. The molecule has 0 bridgehead atoms. The van der Waals surface area contributed by atoms with Crippen LogP contribution < -0.4 is 5.32 Å². The Hall–Kier alpha value is -1.59. The zero-order valence-corrected chi connectivity index (χ0v) is 28.0. The van der Waals surface area contributed by atoms with Crippen molar-refractivity contribution in [3.63, 3.8) is 0 Å². The fourth-order valence-electron chi connectivity index (χ4n) is 5.43. The molecule has 0 fully saturated rings. The van der Waals surface area contributed by atoms with Gasteiger partial charge in [-0.15, -0.1) is 0 Å². The van der Waals surface area contributed by atoms with E-state index in [1.54, 1.807) is 0 Å². The van der Waals surface area contributed by atoms with Crippen LogP contribution >= 0.6 is 0 Å². The molecule has 42 heavy (non-hydrogen) atoms. The lowest BCUT2D eigenvalue weighted by Gasteiger charge is -2.17. The molecule has 1 amide bonds. The number of hydrogen-bond donors (Lipinski definition) is 2. The first kappa shape index (κ1) is 40.4. The second-order valence-corrected chi connectivity index (χ2v) is 12.9. The lowest BCUT2D eigenvalue weighted by Crippen LogP contribution is -2.42. The third-order valence-electron chi connectivity index (χ3n) is 8.19. The zero-order chi connectivity index (χ0) is 31.1. The summed E-state index contributed by atoms with van der Waals surface area (Å²) in [7, 11) is 0. The smallest absolute Gasteiger partial charge is 0.328 e. The molecule has 6 heteroatoms. The van der Waals surface area contributed by atoms with Crippen molar-refractivity contribution in [2.24, 2.45) is 5.92 Å². The molecule has 0 spiro atoms. The molecule has 1 atom stereocenters. The van der Waals surface area contributed by atoms with Crippen molar-refractivity contribution in [3.05, 3.63) is 0 Å². The summed E-state index contributed by atoms with van der Waals surface area (Å²) in [6.07, 6.45) is 30.0. The summed E-state index contributed by atoms with van der Waals surface area (Å²) < 4.78 is 5.41. The quantitative estimate of drug-likeness (QED) is 0.0596. The minimum atomic E-state index is -0.978. The van der Waals surface area contributed by atoms with Gasteiger partial charge in [-0.3, -0.25) is 9.59 Å². The molecular formula is C36H69NO5. The Morgan fingerprint density at radius 1 is 0.571 bits per heavy atom. The Kier molecular flexibility index (Phi) is 29.7. The molecular weight excluding hydrogens is 526 g/mol. The molecule has 0 aliphatic heterocycles. The monoisotopic (exact) mass is 596 g/mol. The van der Waals surface area contributed by atoms with Gasteiger partial charge in [-0.05, 0) is 25.2 Å². The van der Waals surface area contributed by atoms with E-state index in [1.165, 1.54) is 116 Å². The summed E-state index contributed by atoms with van der Waals surface area (Å²) >= 11 is 0. The van der Waals surface area contributed by atoms with E-state index in [9.17, 15) is 14.4 Å². The summed E-state index contributed by atoms with van der Waals surface area (Å²) in [5.41, 5.74) is 0. The summed E-state index contributed by atoms with van der Waals surface area (Å²) in [5.74, 6) is -0.837. The fourth-order valence-corrected chi connectivity index (χ4v) is 5.43. The van der Waals surface area contributed by atoms with Crippen LogP contribution in [0.25, 0.3) is 0 Å². The topological polar surface area (TPSA) is 92.7 Å². The van der Waals surface area contributed by atoms with Crippen LogP contribution in [0.5, 0.6) is 0 Å². The molecule has 0 rings (SSSR count). The van der Waals surface area contributed by atoms with E-state index in [-0.39, 0.29) is 18.7 Å². The second-order valence-electron chi connectivity index (χ2n) is 12.9. The number of rotatable bonds is 32. The predicted molar refractivity (Wildman–Crippen MR) is 176 cm³/mol. The van der Waals surface area contributed by atoms with Gasteiger partial charge in [-0.2, -0.15) is 0 Å². The first-order valence-electron chi connectivity index (χ1n) is 18.0. The van der Waals surface area contributed by atoms with Crippen LogP contribution in [0.1, 0.15) is 194 Å². The molecule has 248 valence electrons. The molecule has 0 radical (unpaired) electrons. The standard InChI is InChI=1S/C36H69NO5/c1-4-5-6-7-8-9-16-19-22-25-28-34(38)37-33(29-30-35(39)40)36(41)42-31-26-23-20-17-14-12-10-11-13-15-18-21-24-27-32(2)3/h32-33H,4-31H2,1-3H3,(H,37,38)(H,39,40)/t33-/m0/s1. The molecule has 0 unspecified atom stereocenters. The van der Waals surface area contributed by atoms with Gasteiger partial charge in [-0.25, -0.2) is 4.79 Å². The van der Waals surface area contributed by atoms with Gasteiger partial charge in [0, 0.05) is 12.8 Å². The van der Waals surface area contributed by atoms with Crippen molar-refractivity contribution >= 4 is 17.8 Å². The SMILES string of the molecule is CCCCCCCCCCCCC(=O)N[C@@H](CCC(=O)O)C(=O)OCCCCCCCCCCCCCCCC(C)C. The number of amides is 1. The normalized spacial score (nSPS) is 12.0. The Morgan fingerprint density at radius 3 is 1.45 bits per heavy atom. The molecule has 0 aromatic carbocycles. The molecule has 0 aliphatic carbocycles. The summed E-state index contributed by atoms with van der Waals surface area (Å²) in [5, 5.41) is 11.8. The third-order valence-corrected chi connectivity index (χ3v) is 8.19. The maximum absolute atomic E-state index is 12.6. The van der Waals surface area contributed by atoms with Gasteiger partial charge >= 0.3 is 11.9 Å². The summed E-state index contributed by atoms with van der Waals surface area (Å²) in [4.78, 5) is 36.0. The maximum atomic E-state index is 12.6. The largest absolute Gasteiger partial charge is 0.481 e. The lowest BCUT2D eigenvalue weighted by atomic mass is 10.0. The first-order valence-corrected chi connectivity index (χ1v) is 18.0. The molecule has 0 heterocycles. The van der Waals surface area contributed by atoms with Gasteiger partial charge in [0.05, 0.1) is 6.61 Å². The number of carboxylic acids is 1. The average Bonchev–Trinajstić information content (AvgIpc) is 2.95. The average molecular weight is 596 g/mol. The predicted octanol–water partition coefficient (Wildman–Crippen LogP) is 10.3. The number of carboxylic acid groups (broad SMARTS) is 1. The zero-order valence-electron chi connectivity index (χ0n) is 28.0. The Morgan fingerprint density at radius 2 is 1.00 bits per heavy atom. The van der Waals surface area contributed by atoms with E-state index in [2.05, 4.69) is 26.1 Å². The molecule has 0 saturated heterocycles. The Bertz CT molecular complexity index is 636. The van der Waals surface area contributed by atoms with Crippen LogP contribution in [0, 0.1) is 5.92 Å². The maximum Gasteiger partial charge on any atom is 0.328 e. The highest BCUT2D eigenvalue weighted by Gasteiger charge is 2.23. The van der Waals surface area contributed by atoms with Gasteiger partial charge < -0.3 is 15.2 Å². The van der Waals surface area contributed by atoms with Gasteiger partial charge in [0.2, 0.25) is 5.91 Å². The van der Waals surface area contributed by atoms with Gasteiger partial charge in [-0.1, -0.05) is 162 Å². The van der Waals surface area contributed by atoms with Crippen LogP contribution in [0.15, 0.2) is 0 Å². The number of nitrogens with one attached hydrogen (secondary N) is 1. The summed E-state index contributed by atoms with van der Waals surface area (Å²) in [6, 6.07) is -0.878. The third kappa shape index (κ3) is 29.9. The van der Waals surface area contributed by atoms with E-state index in [0.29, 0.717) is 13.0 Å². The number of aliphatic carboxylic acids is 1.